The quantitative estimate of drug-likeness (QED) is 0.791. The van der Waals surface area contributed by atoms with Crippen molar-refractivity contribution in [1.29, 1.82) is 0 Å². The van der Waals surface area contributed by atoms with Crippen molar-refractivity contribution in [3.05, 3.63) is 23.2 Å². The van der Waals surface area contributed by atoms with Crippen LogP contribution in [0.3, 0.4) is 0 Å². The predicted molar refractivity (Wildman–Crippen MR) is 90.2 cm³/mol. The molecule has 28 heavy (non-hydrogen) atoms. The molecule has 0 saturated carbocycles. The largest absolute Gasteiger partial charge is 0.492 e. The molecule has 0 aromatic heterocycles. The summed E-state index contributed by atoms with van der Waals surface area (Å²) < 4.78 is 55.7. The highest BCUT2D eigenvalue weighted by atomic mass is 35.5. The van der Waals surface area contributed by atoms with E-state index >= 15 is 0 Å². The molecule has 0 spiro atoms. The van der Waals surface area contributed by atoms with Gasteiger partial charge in [-0.3, -0.25) is 5.32 Å². The summed E-state index contributed by atoms with van der Waals surface area (Å²) >= 11 is 5.77. The summed E-state index contributed by atoms with van der Waals surface area (Å²) in [4.78, 5) is 26.6. The highest BCUT2D eigenvalue weighted by Crippen LogP contribution is 2.46. The number of carbonyl (C=O) groups excluding carboxylic acids is 2. The van der Waals surface area contributed by atoms with Gasteiger partial charge in [0, 0.05) is 37.3 Å². The van der Waals surface area contributed by atoms with Gasteiger partial charge in [0.25, 0.3) is 0 Å². The molecule has 1 saturated heterocycles. The number of carbonyl (C=O) groups is 2. The number of urea groups is 1. The third-order valence-corrected chi connectivity index (χ3v) is 4.39. The zero-order valence-corrected chi connectivity index (χ0v) is 15.5. The highest BCUT2D eigenvalue weighted by molar-refractivity contribution is 6.30. The minimum absolute atomic E-state index is 0.0252. The van der Waals surface area contributed by atoms with Gasteiger partial charge in [0.1, 0.15) is 0 Å². The van der Waals surface area contributed by atoms with Crippen LogP contribution in [-0.4, -0.2) is 66.8 Å². The predicted octanol–water partition coefficient (Wildman–Crippen LogP) is 2.81. The number of amides is 3. The molecule has 0 unspecified atom stereocenters. The van der Waals surface area contributed by atoms with E-state index in [2.05, 4.69) is 0 Å². The molecular weight excluding hydrogens is 407 g/mol. The zero-order chi connectivity index (χ0) is 20.5. The number of fused-ring (bicyclic) bond motifs is 1. The Bertz CT molecular complexity index is 770. The first-order valence-corrected chi connectivity index (χ1v) is 8.76. The van der Waals surface area contributed by atoms with Crippen molar-refractivity contribution in [2.45, 2.75) is 19.0 Å². The first-order chi connectivity index (χ1) is 13.1. The van der Waals surface area contributed by atoms with Crippen LogP contribution in [0.1, 0.15) is 6.92 Å². The summed E-state index contributed by atoms with van der Waals surface area (Å²) in [5, 5.41) is 1.93. The molecule has 0 radical (unpaired) electrons. The van der Waals surface area contributed by atoms with Gasteiger partial charge in [-0.05, 0) is 19.1 Å². The summed E-state index contributed by atoms with van der Waals surface area (Å²) in [6.07, 6.45) is -5.61. The first-order valence-electron chi connectivity index (χ1n) is 8.38. The van der Waals surface area contributed by atoms with Gasteiger partial charge in [-0.1, -0.05) is 11.6 Å². The van der Waals surface area contributed by atoms with E-state index in [9.17, 15) is 22.8 Å². The third-order valence-electron chi connectivity index (χ3n) is 4.15. The number of rotatable bonds is 2. The lowest BCUT2D eigenvalue weighted by Crippen LogP contribution is -2.67. The van der Waals surface area contributed by atoms with Crippen molar-refractivity contribution in [2.75, 3.05) is 32.8 Å². The second kappa shape index (κ2) is 7.46. The molecule has 2 heterocycles. The molecule has 2 aliphatic rings. The third kappa shape index (κ3) is 3.84. The first kappa shape index (κ1) is 20.2. The number of hydrogen-bond donors (Lipinski definition) is 1. The van der Waals surface area contributed by atoms with Crippen LogP contribution in [0, 0.1) is 0 Å². The molecule has 154 valence electrons. The van der Waals surface area contributed by atoms with Crippen molar-refractivity contribution >= 4 is 23.7 Å². The van der Waals surface area contributed by atoms with Gasteiger partial charge in [0.15, 0.2) is 11.5 Å². The number of alkyl halides is 3. The Morgan fingerprint density at radius 2 is 1.79 bits per heavy atom. The number of hydrogen-bond acceptors (Lipinski definition) is 5. The van der Waals surface area contributed by atoms with Crippen molar-refractivity contribution in [1.82, 2.24) is 15.1 Å². The molecule has 1 atom stereocenters. The summed E-state index contributed by atoms with van der Waals surface area (Å²) in [5.74, 6) is -3.80. The molecule has 1 N–H and O–H groups in total. The molecule has 1 fully saturated rings. The van der Waals surface area contributed by atoms with Gasteiger partial charge in [-0.2, -0.15) is 13.2 Å². The summed E-state index contributed by atoms with van der Waals surface area (Å²) in [6.45, 7) is 2.16. The summed E-state index contributed by atoms with van der Waals surface area (Å²) in [6, 6.07) is 2.68. The Hall–Kier alpha value is -2.56. The lowest BCUT2D eigenvalue weighted by Gasteiger charge is -2.36. The number of nitrogens with zero attached hydrogens (tertiary/aromatic N) is 2. The lowest BCUT2D eigenvalue weighted by atomic mass is 10.3. The van der Waals surface area contributed by atoms with Crippen LogP contribution in [-0.2, 0) is 4.74 Å². The van der Waals surface area contributed by atoms with E-state index in [4.69, 9.17) is 25.8 Å². The van der Waals surface area contributed by atoms with Crippen molar-refractivity contribution < 1.29 is 37.0 Å². The summed E-state index contributed by atoms with van der Waals surface area (Å²) in [7, 11) is 0. The fraction of sp³-hybridized carbons (Fsp3) is 0.500. The molecule has 0 aliphatic carbocycles. The molecular formula is C16H17ClF3N3O5. The molecule has 1 aromatic carbocycles. The molecule has 12 heteroatoms. The van der Waals surface area contributed by atoms with Crippen molar-refractivity contribution in [3.8, 4) is 11.5 Å². The Labute approximate surface area is 163 Å². The van der Waals surface area contributed by atoms with Crippen LogP contribution in [0.2, 0.25) is 5.02 Å². The smallest absolute Gasteiger partial charge is 0.450 e. The van der Waals surface area contributed by atoms with Gasteiger partial charge < -0.3 is 24.0 Å². The normalized spacial score (nSPS) is 21.5. The Morgan fingerprint density at radius 3 is 2.39 bits per heavy atom. The highest BCUT2D eigenvalue weighted by Gasteiger charge is 2.66. The molecule has 3 amide bonds. The fourth-order valence-electron chi connectivity index (χ4n) is 2.74. The van der Waals surface area contributed by atoms with Gasteiger partial charge in [-0.15, -0.1) is 0 Å². The molecule has 3 rings (SSSR count). The van der Waals surface area contributed by atoms with Gasteiger partial charge in [-0.25, -0.2) is 9.59 Å². The lowest BCUT2D eigenvalue weighted by molar-refractivity contribution is -0.318. The van der Waals surface area contributed by atoms with Crippen LogP contribution in [0.15, 0.2) is 18.2 Å². The standard InChI is InChI=1S/C16H17ClF3N3O5/c1-2-26-14(25)23-7-5-22(6-8-23)13(24)21-16(15(18,19)20)27-11-4-3-10(17)9-12(11)28-16/h3-4,9H,2,5-8H2,1H3,(H,21,24)/t16-/m0/s1. The number of ether oxygens (including phenoxy) is 3. The van der Waals surface area contributed by atoms with E-state index in [1.807, 2.05) is 0 Å². The second-order valence-electron chi connectivity index (χ2n) is 6.01. The average Bonchev–Trinajstić information content (AvgIpc) is 3.00. The zero-order valence-electron chi connectivity index (χ0n) is 14.7. The van der Waals surface area contributed by atoms with E-state index in [0.717, 1.165) is 11.0 Å². The SMILES string of the molecule is CCOC(=O)N1CCN(C(=O)N[C@@]2(C(F)(F)F)Oc3ccc(Cl)cc3O2)CC1. The Kier molecular flexibility index (Phi) is 5.37. The maximum absolute atomic E-state index is 13.7. The molecule has 1 aromatic rings. The van der Waals surface area contributed by atoms with Crippen LogP contribution in [0.4, 0.5) is 22.8 Å². The maximum atomic E-state index is 13.7. The Balaban J connectivity index is 1.69. The minimum Gasteiger partial charge on any atom is -0.450 e. The topological polar surface area (TPSA) is 80.3 Å². The van der Waals surface area contributed by atoms with Crippen molar-refractivity contribution in [3.63, 3.8) is 0 Å². The van der Waals surface area contributed by atoms with Crippen LogP contribution >= 0.6 is 11.6 Å². The number of halogens is 4. The van der Waals surface area contributed by atoms with E-state index in [1.165, 1.54) is 17.0 Å². The number of piperazine rings is 1. The monoisotopic (exact) mass is 423 g/mol. The molecule has 8 nitrogen and oxygen atoms in total. The van der Waals surface area contributed by atoms with E-state index in [-0.39, 0.29) is 49.3 Å². The Morgan fingerprint density at radius 1 is 1.18 bits per heavy atom. The van der Waals surface area contributed by atoms with Crippen LogP contribution in [0.5, 0.6) is 11.5 Å². The fourth-order valence-corrected chi connectivity index (χ4v) is 2.90. The van der Waals surface area contributed by atoms with E-state index in [0.29, 0.717) is 0 Å². The van der Waals surface area contributed by atoms with Gasteiger partial charge >= 0.3 is 24.2 Å². The van der Waals surface area contributed by atoms with Crippen LogP contribution < -0.4 is 14.8 Å². The maximum Gasteiger partial charge on any atom is 0.492 e. The average molecular weight is 424 g/mol. The molecule has 2 aliphatic heterocycles. The summed E-state index contributed by atoms with van der Waals surface area (Å²) in [5.41, 5.74) is 0. The van der Waals surface area contributed by atoms with Crippen molar-refractivity contribution in [2.24, 2.45) is 0 Å². The number of benzene rings is 1. The van der Waals surface area contributed by atoms with Crippen LogP contribution in [0.25, 0.3) is 0 Å². The number of nitrogens with one attached hydrogen (secondary N) is 1. The minimum atomic E-state index is -5.07. The second-order valence-corrected chi connectivity index (χ2v) is 6.45. The van der Waals surface area contributed by atoms with Gasteiger partial charge in [0.05, 0.1) is 6.61 Å². The van der Waals surface area contributed by atoms with E-state index < -0.39 is 24.2 Å². The van der Waals surface area contributed by atoms with Gasteiger partial charge in [0.2, 0.25) is 0 Å². The van der Waals surface area contributed by atoms with E-state index in [1.54, 1.807) is 12.2 Å². The molecule has 0 bridgehead atoms.